The first-order valence-electron chi connectivity index (χ1n) is 10.9. The van der Waals surface area contributed by atoms with Crippen LogP contribution in [-0.4, -0.2) is 22.4 Å². The lowest BCUT2D eigenvalue weighted by molar-refractivity contribution is -0.274. The summed E-state index contributed by atoms with van der Waals surface area (Å²) in [6.45, 7) is 1.94. The molecule has 0 aliphatic heterocycles. The zero-order chi connectivity index (χ0) is 25.0. The number of benzene rings is 3. The minimum atomic E-state index is -4.78. The summed E-state index contributed by atoms with van der Waals surface area (Å²) in [5, 5.41) is 9.89. The molecule has 4 aromatic rings. The Kier molecular flexibility index (Phi) is 6.78. The second kappa shape index (κ2) is 9.93. The average molecular weight is 477 g/mol. The molecule has 0 bridgehead atoms. The molecule has 2 N–H and O–H groups in total. The number of rotatable bonds is 7. The number of alkyl halides is 3. The van der Waals surface area contributed by atoms with E-state index in [0.717, 1.165) is 39.4 Å². The molecule has 4 nitrogen and oxygen atoms in total. The SMILES string of the molecule is CC/C(=C(/c1ccc(/C=C/C(=O)O)cc1)c1cc2ccccc2[nH]1)c1cccc(OC(F)(F)F)c1. The van der Waals surface area contributed by atoms with Gasteiger partial charge in [0.2, 0.25) is 0 Å². The van der Waals surface area contributed by atoms with Gasteiger partial charge in [-0.1, -0.05) is 61.5 Å². The van der Waals surface area contributed by atoms with Crippen molar-refractivity contribution in [3.8, 4) is 5.75 Å². The van der Waals surface area contributed by atoms with Crippen LogP contribution < -0.4 is 4.74 Å². The van der Waals surface area contributed by atoms with E-state index in [-0.39, 0.29) is 5.75 Å². The quantitative estimate of drug-likeness (QED) is 0.214. The van der Waals surface area contributed by atoms with E-state index < -0.39 is 12.3 Å². The van der Waals surface area contributed by atoms with Gasteiger partial charge >= 0.3 is 12.3 Å². The Bertz CT molecular complexity index is 1380. The minimum absolute atomic E-state index is 0.286. The Morgan fingerprint density at radius 3 is 2.37 bits per heavy atom. The van der Waals surface area contributed by atoms with Gasteiger partial charge in [0.05, 0.1) is 0 Å². The number of carbonyl (C=O) groups is 1. The van der Waals surface area contributed by atoms with Gasteiger partial charge in [-0.25, -0.2) is 4.79 Å². The molecule has 1 aromatic heterocycles. The first-order chi connectivity index (χ1) is 16.7. The fraction of sp³-hybridized carbons (Fsp3) is 0.107. The summed E-state index contributed by atoms with van der Waals surface area (Å²) < 4.78 is 42.6. The van der Waals surface area contributed by atoms with Gasteiger partial charge in [0.25, 0.3) is 0 Å². The van der Waals surface area contributed by atoms with Crippen molar-refractivity contribution in [1.29, 1.82) is 0 Å². The lowest BCUT2D eigenvalue weighted by Gasteiger charge is -2.16. The van der Waals surface area contributed by atoms with E-state index in [1.54, 1.807) is 18.2 Å². The molecule has 0 saturated carbocycles. The molecule has 3 aromatic carbocycles. The van der Waals surface area contributed by atoms with Crippen LogP contribution in [-0.2, 0) is 4.79 Å². The number of aliphatic carboxylic acids is 1. The van der Waals surface area contributed by atoms with Gasteiger partial charge in [-0.2, -0.15) is 0 Å². The lowest BCUT2D eigenvalue weighted by Crippen LogP contribution is -2.17. The van der Waals surface area contributed by atoms with Gasteiger partial charge in [0, 0.05) is 28.2 Å². The molecular weight excluding hydrogens is 455 g/mol. The molecular formula is C28H22F3NO3. The Morgan fingerprint density at radius 1 is 0.971 bits per heavy atom. The molecule has 178 valence electrons. The van der Waals surface area contributed by atoms with Crippen molar-refractivity contribution in [2.75, 3.05) is 0 Å². The van der Waals surface area contributed by atoms with Crippen molar-refractivity contribution >= 4 is 34.1 Å². The van der Waals surface area contributed by atoms with Crippen LogP contribution in [0.2, 0.25) is 0 Å². The molecule has 4 rings (SSSR count). The van der Waals surface area contributed by atoms with Crippen molar-refractivity contribution in [2.24, 2.45) is 0 Å². The monoisotopic (exact) mass is 477 g/mol. The Balaban J connectivity index is 1.89. The highest BCUT2D eigenvalue weighted by atomic mass is 19.4. The predicted octanol–water partition coefficient (Wildman–Crippen LogP) is 7.53. The lowest BCUT2D eigenvalue weighted by atomic mass is 9.90. The topological polar surface area (TPSA) is 62.3 Å². The van der Waals surface area contributed by atoms with E-state index >= 15 is 0 Å². The summed E-state index contributed by atoms with van der Waals surface area (Å²) in [5.41, 5.74) is 5.58. The number of carboxylic acids is 1. The summed E-state index contributed by atoms with van der Waals surface area (Å²) in [7, 11) is 0. The summed E-state index contributed by atoms with van der Waals surface area (Å²) in [5.74, 6) is -1.33. The zero-order valence-electron chi connectivity index (χ0n) is 18.8. The number of para-hydroxylation sites is 1. The van der Waals surface area contributed by atoms with Crippen LogP contribution in [0, 0.1) is 0 Å². The summed E-state index contributed by atoms with van der Waals surface area (Å²) >= 11 is 0. The second-order valence-electron chi connectivity index (χ2n) is 7.85. The summed E-state index contributed by atoms with van der Waals surface area (Å²) in [6.07, 6.45) is -1.68. The summed E-state index contributed by atoms with van der Waals surface area (Å²) in [4.78, 5) is 14.3. The maximum Gasteiger partial charge on any atom is 0.573 e. The van der Waals surface area contributed by atoms with Crippen LogP contribution in [0.25, 0.3) is 28.1 Å². The second-order valence-corrected chi connectivity index (χ2v) is 7.85. The van der Waals surface area contributed by atoms with E-state index in [4.69, 9.17) is 5.11 Å². The minimum Gasteiger partial charge on any atom is -0.478 e. The van der Waals surface area contributed by atoms with Crippen molar-refractivity contribution in [3.05, 3.63) is 107 Å². The maximum atomic E-state index is 12.8. The molecule has 1 heterocycles. The Hall–Kier alpha value is -4.26. The van der Waals surface area contributed by atoms with Crippen LogP contribution in [0.5, 0.6) is 5.75 Å². The largest absolute Gasteiger partial charge is 0.573 e. The van der Waals surface area contributed by atoms with Crippen LogP contribution in [0.4, 0.5) is 13.2 Å². The molecule has 0 unspecified atom stereocenters. The van der Waals surface area contributed by atoms with Crippen molar-refractivity contribution < 1.29 is 27.8 Å². The van der Waals surface area contributed by atoms with Crippen molar-refractivity contribution in [2.45, 2.75) is 19.7 Å². The number of halogens is 3. The molecule has 0 aliphatic carbocycles. The van der Waals surface area contributed by atoms with Crippen molar-refractivity contribution in [1.82, 2.24) is 4.98 Å². The number of nitrogens with one attached hydrogen (secondary N) is 1. The smallest absolute Gasteiger partial charge is 0.478 e. The third-order valence-electron chi connectivity index (χ3n) is 5.49. The highest BCUT2D eigenvalue weighted by Crippen LogP contribution is 2.37. The van der Waals surface area contributed by atoms with E-state index in [2.05, 4.69) is 9.72 Å². The van der Waals surface area contributed by atoms with Gasteiger partial charge < -0.3 is 14.8 Å². The highest BCUT2D eigenvalue weighted by molar-refractivity contribution is 6.00. The normalized spacial score (nSPS) is 12.7. The average Bonchev–Trinajstić information content (AvgIpc) is 3.24. The number of fused-ring (bicyclic) bond motifs is 1. The van der Waals surface area contributed by atoms with E-state index in [0.29, 0.717) is 17.5 Å². The number of carboxylic acid groups (broad SMARTS) is 1. The fourth-order valence-corrected chi connectivity index (χ4v) is 4.03. The Labute approximate surface area is 200 Å². The van der Waals surface area contributed by atoms with Gasteiger partial charge in [-0.3, -0.25) is 0 Å². The van der Waals surface area contributed by atoms with Gasteiger partial charge in [-0.15, -0.1) is 13.2 Å². The molecule has 0 atom stereocenters. The molecule has 0 fully saturated rings. The number of aromatic amines is 1. The number of aromatic nitrogens is 1. The Morgan fingerprint density at radius 2 is 1.71 bits per heavy atom. The number of ether oxygens (including phenoxy) is 1. The molecule has 0 spiro atoms. The van der Waals surface area contributed by atoms with Crippen LogP contribution >= 0.6 is 0 Å². The van der Waals surface area contributed by atoms with Crippen LogP contribution in [0.15, 0.2) is 84.9 Å². The standard InChI is InChI=1S/C28H22F3NO3/c1-2-23(20-7-5-8-22(16-20)35-28(29,30)31)27(25-17-21-6-3-4-9-24(21)32-25)19-13-10-18(11-14-19)12-15-26(33)34/h3-17,32H,2H2,1H3,(H,33,34)/b15-12+,27-23+. The van der Waals surface area contributed by atoms with E-state index in [1.165, 1.54) is 24.3 Å². The fourth-order valence-electron chi connectivity index (χ4n) is 4.03. The maximum absolute atomic E-state index is 12.8. The molecule has 7 heteroatoms. The number of H-pyrrole nitrogens is 1. The molecule has 0 saturated heterocycles. The van der Waals surface area contributed by atoms with E-state index in [1.807, 2.05) is 49.4 Å². The summed E-state index contributed by atoms with van der Waals surface area (Å²) in [6, 6.07) is 23.1. The van der Waals surface area contributed by atoms with Crippen molar-refractivity contribution in [3.63, 3.8) is 0 Å². The third-order valence-corrected chi connectivity index (χ3v) is 5.49. The number of hydrogen-bond donors (Lipinski definition) is 2. The molecule has 35 heavy (non-hydrogen) atoms. The van der Waals surface area contributed by atoms with Crippen LogP contribution in [0.1, 0.15) is 35.7 Å². The van der Waals surface area contributed by atoms with Gasteiger partial charge in [0.1, 0.15) is 5.75 Å². The third kappa shape index (κ3) is 5.81. The first kappa shape index (κ1) is 23.9. The van der Waals surface area contributed by atoms with Gasteiger partial charge in [-0.05, 0) is 59.0 Å². The molecule has 0 amide bonds. The highest BCUT2D eigenvalue weighted by Gasteiger charge is 2.31. The number of allylic oxidation sites excluding steroid dienone is 1. The first-order valence-corrected chi connectivity index (χ1v) is 10.9. The predicted molar refractivity (Wildman–Crippen MR) is 131 cm³/mol. The zero-order valence-corrected chi connectivity index (χ0v) is 18.8. The number of hydrogen-bond acceptors (Lipinski definition) is 2. The molecule has 0 radical (unpaired) electrons. The molecule has 0 aliphatic rings. The van der Waals surface area contributed by atoms with Gasteiger partial charge in [0.15, 0.2) is 0 Å². The van der Waals surface area contributed by atoms with Crippen LogP contribution in [0.3, 0.4) is 0 Å². The van der Waals surface area contributed by atoms with E-state index in [9.17, 15) is 18.0 Å².